The Morgan fingerprint density at radius 2 is 2.50 bits per heavy atom. The Hall–Kier alpha value is -0.0900. The van der Waals surface area contributed by atoms with E-state index in [1.54, 1.807) is 0 Å². The van der Waals surface area contributed by atoms with Crippen LogP contribution in [0.4, 0.5) is 0 Å². The largest absolute Gasteiger partial charge is 0.224 e. The minimum Gasteiger partial charge on any atom is -0.224 e. The summed E-state index contributed by atoms with van der Waals surface area (Å²) in [5, 5.41) is 0.992. The molecule has 0 aliphatic heterocycles. The summed E-state index contributed by atoms with van der Waals surface area (Å²) in [6.45, 7) is 1.88. The van der Waals surface area contributed by atoms with E-state index in [4.69, 9.17) is 0 Å². The molecule has 1 aromatic heterocycles. The van der Waals surface area contributed by atoms with Crippen molar-refractivity contribution in [2.75, 3.05) is 0 Å². The molecule has 8 heavy (non-hydrogen) atoms. The lowest BCUT2D eigenvalue weighted by atomic mass is 10.7. The van der Waals surface area contributed by atoms with E-state index in [9.17, 15) is 0 Å². The maximum atomic E-state index is 4.06. The quantitative estimate of drug-likeness (QED) is 0.604. The highest BCUT2D eigenvalue weighted by molar-refractivity contribution is 7.79. The van der Waals surface area contributed by atoms with Crippen LogP contribution in [0.25, 0.3) is 0 Å². The fourth-order valence-corrected chi connectivity index (χ4v) is 1.16. The number of aryl methyl sites for hydroxylation is 1. The van der Waals surface area contributed by atoms with E-state index < -0.39 is 0 Å². The van der Waals surface area contributed by atoms with Gasteiger partial charge in [0.1, 0.15) is 10.8 Å². The summed E-state index contributed by atoms with van der Waals surface area (Å²) in [5.74, 6) is 1.55. The Bertz CT molecular complexity index is 172. The fourth-order valence-electron chi connectivity index (χ4n) is 0.404. The zero-order valence-corrected chi connectivity index (χ0v) is 6.17. The number of hydrogen-bond donors (Lipinski definition) is 1. The second kappa shape index (κ2) is 2.46. The third kappa shape index (κ3) is 1.20. The smallest absolute Gasteiger partial charge is 0.139 e. The van der Waals surface area contributed by atoms with E-state index in [1.165, 1.54) is 11.5 Å². The van der Waals surface area contributed by atoms with E-state index in [0.29, 0.717) is 5.75 Å². The predicted octanol–water partition coefficient (Wildman–Crippen LogP) is 1.28. The molecule has 0 atom stereocenters. The minimum atomic E-state index is 0.700. The minimum absolute atomic E-state index is 0.700. The summed E-state index contributed by atoms with van der Waals surface area (Å²) >= 11 is 5.44. The monoisotopic (exact) mass is 146 g/mol. The topological polar surface area (TPSA) is 25.8 Å². The van der Waals surface area contributed by atoms with Crippen molar-refractivity contribution in [3.63, 3.8) is 0 Å². The third-order valence-electron chi connectivity index (χ3n) is 0.705. The molecule has 44 valence electrons. The van der Waals surface area contributed by atoms with Gasteiger partial charge in [-0.15, -0.1) is 0 Å². The second-order valence-corrected chi connectivity index (χ2v) is 2.55. The second-order valence-electron chi connectivity index (χ2n) is 1.39. The zero-order chi connectivity index (χ0) is 5.98. The Morgan fingerprint density at radius 3 is 2.75 bits per heavy atom. The molecule has 1 aromatic rings. The molecule has 0 fully saturated rings. The Labute approximate surface area is 57.5 Å². The average molecular weight is 146 g/mol. The molecule has 0 aliphatic rings. The molecule has 2 nitrogen and oxygen atoms in total. The van der Waals surface area contributed by atoms with Gasteiger partial charge >= 0.3 is 0 Å². The molecule has 0 N–H and O–H groups in total. The molecular formula is C4H6N2S2. The average Bonchev–Trinajstić information content (AvgIpc) is 2.14. The van der Waals surface area contributed by atoms with Gasteiger partial charge in [-0.3, -0.25) is 0 Å². The van der Waals surface area contributed by atoms with Crippen molar-refractivity contribution in [1.82, 2.24) is 9.36 Å². The van der Waals surface area contributed by atoms with Crippen LogP contribution in [0.15, 0.2) is 0 Å². The van der Waals surface area contributed by atoms with Gasteiger partial charge in [0.05, 0.1) is 0 Å². The number of rotatable bonds is 1. The van der Waals surface area contributed by atoms with Gasteiger partial charge in [-0.05, 0) is 18.5 Å². The number of hydrogen-bond acceptors (Lipinski definition) is 4. The van der Waals surface area contributed by atoms with Crippen molar-refractivity contribution in [2.45, 2.75) is 12.7 Å². The van der Waals surface area contributed by atoms with Crippen molar-refractivity contribution >= 4 is 24.2 Å². The van der Waals surface area contributed by atoms with Crippen LogP contribution in [-0.4, -0.2) is 9.36 Å². The summed E-state index contributed by atoms with van der Waals surface area (Å²) in [4.78, 5) is 4.06. The van der Waals surface area contributed by atoms with Crippen molar-refractivity contribution in [3.8, 4) is 0 Å². The first-order valence-corrected chi connectivity index (χ1v) is 3.63. The summed E-state index contributed by atoms with van der Waals surface area (Å²) in [6.07, 6.45) is 0. The Morgan fingerprint density at radius 1 is 1.75 bits per heavy atom. The lowest BCUT2D eigenvalue weighted by Gasteiger charge is -1.76. The summed E-state index contributed by atoms with van der Waals surface area (Å²) in [5.41, 5.74) is 0. The van der Waals surface area contributed by atoms with Crippen LogP contribution in [0.1, 0.15) is 10.8 Å². The van der Waals surface area contributed by atoms with Crippen LogP contribution in [0.5, 0.6) is 0 Å². The van der Waals surface area contributed by atoms with Crippen LogP contribution < -0.4 is 0 Å². The van der Waals surface area contributed by atoms with E-state index >= 15 is 0 Å². The summed E-state index contributed by atoms with van der Waals surface area (Å²) in [6, 6.07) is 0. The number of nitrogens with zero attached hydrogens (tertiary/aromatic N) is 2. The van der Waals surface area contributed by atoms with Crippen LogP contribution in [0.2, 0.25) is 0 Å². The maximum absolute atomic E-state index is 4.06. The molecule has 0 saturated heterocycles. The molecule has 0 aromatic carbocycles. The maximum Gasteiger partial charge on any atom is 0.139 e. The first-order chi connectivity index (χ1) is 3.83. The van der Waals surface area contributed by atoms with E-state index in [1.807, 2.05) is 6.92 Å². The summed E-state index contributed by atoms with van der Waals surface area (Å²) in [7, 11) is 0. The van der Waals surface area contributed by atoms with Gasteiger partial charge in [0.25, 0.3) is 0 Å². The molecule has 0 aliphatic carbocycles. The predicted molar refractivity (Wildman–Crippen MR) is 37.3 cm³/mol. The molecule has 1 heterocycles. The molecule has 0 amide bonds. The van der Waals surface area contributed by atoms with Crippen LogP contribution in [0, 0.1) is 6.92 Å². The zero-order valence-electron chi connectivity index (χ0n) is 4.46. The van der Waals surface area contributed by atoms with Gasteiger partial charge < -0.3 is 0 Å². The first kappa shape index (κ1) is 6.04. The molecule has 0 saturated carbocycles. The fraction of sp³-hybridized carbons (Fsp3) is 0.500. The van der Waals surface area contributed by atoms with Crippen molar-refractivity contribution in [3.05, 3.63) is 10.8 Å². The lowest BCUT2D eigenvalue weighted by molar-refractivity contribution is 1.12. The highest BCUT2D eigenvalue weighted by atomic mass is 32.1. The molecule has 1 rings (SSSR count). The molecule has 0 unspecified atom stereocenters. The van der Waals surface area contributed by atoms with E-state index in [-0.39, 0.29) is 0 Å². The van der Waals surface area contributed by atoms with E-state index in [2.05, 4.69) is 22.0 Å². The van der Waals surface area contributed by atoms with E-state index in [0.717, 1.165) is 10.8 Å². The number of thiol groups is 1. The van der Waals surface area contributed by atoms with Gasteiger partial charge in [0.2, 0.25) is 0 Å². The molecule has 4 heteroatoms. The molecular weight excluding hydrogens is 140 g/mol. The van der Waals surface area contributed by atoms with Gasteiger partial charge in [0, 0.05) is 5.75 Å². The SMILES string of the molecule is Cc1nsc(CS)n1. The Kier molecular flexibility index (Phi) is 1.85. The van der Waals surface area contributed by atoms with Crippen LogP contribution >= 0.6 is 24.2 Å². The molecule has 0 radical (unpaired) electrons. The van der Waals surface area contributed by atoms with Gasteiger partial charge in [-0.1, -0.05) is 0 Å². The highest BCUT2D eigenvalue weighted by Crippen LogP contribution is 2.05. The van der Waals surface area contributed by atoms with Gasteiger partial charge in [-0.2, -0.15) is 17.0 Å². The molecule has 0 spiro atoms. The Balaban J connectivity index is 2.84. The lowest BCUT2D eigenvalue weighted by Crippen LogP contribution is -1.74. The third-order valence-corrected chi connectivity index (χ3v) is 2.02. The van der Waals surface area contributed by atoms with Crippen LogP contribution in [0.3, 0.4) is 0 Å². The molecule has 0 bridgehead atoms. The van der Waals surface area contributed by atoms with Crippen molar-refractivity contribution in [2.24, 2.45) is 0 Å². The highest BCUT2D eigenvalue weighted by Gasteiger charge is 1.93. The van der Waals surface area contributed by atoms with Gasteiger partial charge in [0.15, 0.2) is 0 Å². The van der Waals surface area contributed by atoms with Crippen molar-refractivity contribution in [1.29, 1.82) is 0 Å². The summed E-state index contributed by atoms with van der Waals surface area (Å²) < 4.78 is 3.97. The first-order valence-electron chi connectivity index (χ1n) is 2.23. The van der Waals surface area contributed by atoms with Gasteiger partial charge in [-0.25, -0.2) is 4.98 Å². The van der Waals surface area contributed by atoms with Crippen molar-refractivity contribution < 1.29 is 0 Å². The standard InChI is InChI=1S/C4H6N2S2/c1-3-5-4(2-7)8-6-3/h7H,2H2,1H3. The normalized spacial score (nSPS) is 9.75. The number of aromatic nitrogens is 2. The van der Waals surface area contributed by atoms with Crippen LogP contribution in [-0.2, 0) is 5.75 Å².